The number of hydrogen-bond donors (Lipinski definition) is 0. The van der Waals surface area contributed by atoms with Gasteiger partial charge in [0.1, 0.15) is 5.75 Å². The molecule has 0 unspecified atom stereocenters. The van der Waals surface area contributed by atoms with Gasteiger partial charge >= 0.3 is 0 Å². The third-order valence-corrected chi connectivity index (χ3v) is 5.04. The Morgan fingerprint density at radius 2 is 1.85 bits per heavy atom. The number of benzene rings is 2. The average Bonchev–Trinajstić information content (AvgIpc) is 2.68. The van der Waals surface area contributed by atoms with Crippen LogP contribution in [0.2, 0.25) is 5.02 Å². The highest BCUT2D eigenvalue weighted by Crippen LogP contribution is 2.28. The maximum Gasteiger partial charge on any atom is 0.246 e. The number of carbonyl (C=O) groups is 1. The summed E-state index contributed by atoms with van der Waals surface area (Å²) in [4.78, 5) is 16.6. The van der Waals surface area contributed by atoms with Gasteiger partial charge in [-0.15, -0.1) is 0 Å². The minimum Gasteiger partial charge on any atom is -0.495 e. The van der Waals surface area contributed by atoms with Crippen molar-refractivity contribution < 1.29 is 9.53 Å². The first kappa shape index (κ1) is 18.3. The molecule has 5 heteroatoms. The molecule has 0 atom stereocenters. The monoisotopic (exact) mass is 370 g/mol. The number of ether oxygens (including phenoxy) is 1. The molecule has 0 aliphatic carbocycles. The minimum atomic E-state index is 0.0291. The first-order valence-electron chi connectivity index (χ1n) is 8.69. The topological polar surface area (TPSA) is 32.8 Å². The van der Waals surface area contributed by atoms with Crippen LogP contribution >= 0.6 is 11.6 Å². The normalized spacial score (nSPS) is 14.7. The molecule has 0 saturated carbocycles. The van der Waals surface area contributed by atoms with Crippen molar-refractivity contribution in [2.75, 3.05) is 38.2 Å². The van der Waals surface area contributed by atoms with E-state index < -0.39 is 0 Å². The van der Waals surface area contributed by atoms with Gasteiger partial charge in [0.25, 0.3) is 0 Å². The second-order valence-corrected chi connectivity index (χ2v) is 6.73. The van der Waals surface area contributed by atoms with Crippen LogP contribution in [0, 0.1) is 6.92 Å². The number of aryl methyl sites for hydroxylation is 1. The lowest BCUT2D eigenvalue weighted by molar-refractivity contribution is -0.126. The van der Waals surface area contributed by atoms with Gasteiger partial charge in [0.2, 0.25) is 5.91 Å². The van der Waals surface area contributed by atoms with Gasteiger partial charge in [-0.2, -0.15) is 0 Å². The van der Waals surface area contributed by atoms with Gasteiger partial charge in [0.05, 0.1) is 12.8 Å². The van der Waals surface area contributed by atoms with Crippen LogP contribution in [0.1, 0.15) is 11.1 Å². The van der Waals surface area contributed by atoms with Gasteiger partial charge in [-0.25, -0.2) is 0 Å². The number of rotatable bonds is 4. The molecule has 2 aromatic rings. The van der Waals surface area contributed by atoms with Crippen molar-refractivity contribution >= 4 is 29.3 Å². The summed E-state index contributed by atoms with van der Waals surface area (Å²) in [5.74, 6) is 0.893. The second kappa shape index (κ2) is 8.28. The van der Waals surface area contributed by atoms with E-state index in [9.17, 15) is 4.79 Å². The average molecular weight is 371 g/mol. The Balaban J connectivity index is 1.59. The molecule has 1 aliphatic heterocycles. The van der Waals surface area contributed by atoms with Crippen LogP contribution in [0.4, 0.5) is 5.69 Å². The zero-order valence-corrected chi connectivity index (χ0v) is 15.9. The van der Waals surface area contributed by atoms with E-state index in [1.807, 2.05) is 54.3 Å². The molecule has 26 heavy (non-hydrogen) atoms. The predicted octanol–water partition coefficient (Wildman–Crippen LogP) is 4.02. The van der Waals surface area contributed by atoms with Crippen LogP contribution in [0.25, 0.3) is 6.08 Å². The van der Waals surface area contributed by atoms with Crippen molar-refractivity contribution in [3.8, 4) is 5.75 Å². The van der Waals surface area contributed by atoms with Gasteiger partial charge in [0, 0.05) is 37.3 Å². The smallest absolute Gasteiger partial charge is 0.246 e. The molecule has 1 aliphatic rings. The van der Waals surface area contributed by atoms with E-state index in [1.165, 1.54) is 0 Å². The summed E-state index contributed by atoms with van der Waals surface area (Å²) >= 11 is 6.13. The summed E-state index contributed by atoms with van der Waals surface area (Å²) < 4.78 is 5.43. The molecule has 3 rings (SSSR count). The molecule has 0 radical (unpaired) electrons. The molecule has 4 nitrogen and oxygen atoms in total. The van der Waals surface area contributed by atoms with Gasteiger partial charge in [0.15, 0.2) is 0 Å². The molecular formula is C21H23ClN2O2. The van der Waals surface area contributed by atoms with Gasteiger partial charge < -0.3 is 14.5 Å². The highest BCUT2D eigenvalue weighted by Gasteiger charge is 2.21. The van der Waals surface area contributed by atoms with Gasteiger partial charge in [-0.05, 0) is 42.3 Å². The number of carbonyl (C=O) groups excluding carboxylic acids is 1. The van der Waals surface area contributed by atoms with Crippen LogP contribution in [0.15, 0.2) is 48.5 Å². The fourth-order valence-corrected chi connectivity index (χ4v) is 3.23. The first-order chi connectivity index (χ1) is 12.6. The quantitative estimate of drug-likeness (QED) is 0.762. The van der Waals surface area contributed by atoms with E-state index in [2.05, 4.69) is 11.0 Å². The molecule has 0 bridgehead atoms. The molecule has 1 heterocycles. The Hall–Kier alpha value is -2.46. The van der Waals surface area contributed by atoms with Crippen molar-refractivity contribution in [1.29, 1.82) is 0 Å². The Morgan fingerprint density at radius 3 is 2.54 bits per heavy atom. The number of nitrogens with zero attached hydrogens (tertiary/aromatic N) is 2. The third-order valence-electron chi connectivity index (χ3n) is 4.63. The van der Waals surface area contributed by atoms with Crippen LogP contribution in [-0.2, 0) is 4.79 Å². The third kappa shape index (κ3) is 4.20. The van der Waals surface area contributed by atoms with Gasteiger partial charge in [-0.1, -0.05) is 35.9 Å². The Kier molecular flexibility index (Phi) is 5.84. The van der Waals surface area contributed by atoms with Crippen molar-refractivity contribution in [1.82, 2.24) is 4.90 Å². The number of hydrogen-bond acceptors (Lipinski definition) is 3. The molecular weight excluding hydrogens is 348 g/mol. The van der Waals surface area contributed by atoms with Crippen molar-refractivity contribution in [3.05, 3.63) is 64.7 Å². The lowest BCUT2D eigenvalue weighted by Crippen LogP contribution is -2.48. The van der Waals surface area contributed by atoms with Crippen molar-refractivity contribution in [3.63, 3.8) is 0 Å². The standard InChI is InChI=1S/C21H23ClN2O2/c1-16-7-8-17(15-18(16)22)9-10-21(25)24-13-11-23(12-14-24)19-5-3-4-6-20(19)26-2/h3-10,15H,11-14H2,1-2H3/b10-9+. The second-order valence-electron chi connectivity index (χ2n) is 6.33. The number of para-hydroxylation sites is 2. The molecule has 0 spiro atoms. The summed E-state index contributed by atoms with van der Waals surface area (Å²) in [6.07, 6.45) is 3.44. The largest absolute Gasteiger partial charge is 0.495 e. The fourth-order valence-electron chi connectivity index (χ4n) is 3.04. The number of amides is 1. The molecule has 1 amide bonds. The number of methoxy groups -OCH3 is 1. The summed E-state index contributed by atoms with van der Waals surface area (Å²) in [7, 11) is 1.68. The number of piperazine rings is 1. The molecule has 1 fully saturated rings. The van der Waals surface area contributed by atoms with Crippen molar-refractivity contribution in [2.24, 2.45) is 0 Å². The lowest BCUT2D eigenvalue weighted by atomic mass is 10.1. The summed E-state index contributed by atoms with van der Waals surface area (Å²) in [6, 6.07) is 13.8. The Bertz CT molecular complexity index is 811. The van der Waals surface area contributed by atoms with E-state index in [0.717, 1.165) is 35.7 Å². The molecule has 2 aromatic carbocycles. The molecule has 136 valence electrons. The highest BCUT2D eigenvalue weighted by atomic mass is 35.5. The first-order valence-corrected chi connectivity index (χ1v) is 9.07. The predicted molar refractivity (Wildman–Crippen MR) is 107 cm³/mol. The summed E-state index contributed by atoms with van der Waals surface area (Å²) in [5.41, 5.74) is 3.04. The minimum absolute atomic E-state index is 0.0291. The van der Waals surface area contributed by atoms with E-state index in [0.29, 0.717) is 18.1 Å². The van der Waals surface area contributed by atoms with Crippen LogP contribution < -0.4 is 9.64 Å². The summed E-state index contributed by atoms with van der Waals surface area (Å²) in [6.45, 7) is 4.92. The molecule has 1 saturated heterocycles. The zero-order valence-electron chi connectivity index (χ0n) is 15.1. The summed E-state index contributed by atoms with van der Waals surface area (Å²) in [5, 5.41) is 0.713. The molecule has 0 N–H and O–H groups in total. The SMILES string of the molecule is COc1ccccc1N1CCN(C(=O)/C=C/c2ccc(C)c(Cl)c2)CC1. The van der Waals surface area contributed by atoms with Crippen LogP contribution in [0.5, 0.6) is 5.75 Å². The Morgan fingerprint density at radius 1 is 1.12 bits per heavy atom. The fraction of sp³-hybridized carbons (Fsp3) is 0.286. The van der Waals surface area contributed by atoms with Gasteiger partial charge in [-0.3, -0.25) is 4.79 Å². The van der Waals surface area contributed by atoms with Crippen LogP contribution in [-0.4, -0.2) is 44.1 Å². The highest BCUT2D eigenvalue weighted by molar-refractivity contribution is 6.31. The maximum atomic E-state index is 12.5. The zero-order chi connectivity index (χ0) is 18.5. The van der Waals surface area contributed by atoms with Crippen molar-refractivity contribution in [2.45, 2.75) is 6.92 Å². The Labute approximate surface area is 159 Å². The maximum absolute atomic E-state index is 12.5. The van der Waals surface area contributed by atoms with E-state index in [1.54, 1.807) is 13.2 Å². The molecule has 0 aromatic heterocycles. The van der Waals surface area contributed by atoms with E-state index >= 15 is 0 Å². The lowest BCUT2D eigenvalue weighted by Gasteiger charge is -2.36. The van der Waals surface area contributed by atoms with E-state index in [4.69, 9.17) is 16.3 Å². The van der Waals surface area contributed by atoms with Crippen LogP contribution in [0.3, 0.4) is 0 Å². The van der Waals surface area contributed by atoms with E-state index in [-0.39, 0.29) is 5.91 Å². The number of anilines is 1. The number of halogens is 1.